The molecule has 0 unspecified atom stereocenters. The third-order valence-electron chi connectivity index (χ3n) is 3.38. The Labute approximate surface area is 144 Å². The molecule has 24 heavy (non-hydrogen) atoms. The van der Waals surface area contributed by atoms with Crippen LogP contribution in [0.5, 0.6) is 5.75 Å². The average Bonchev–Trinajstić information content (AvgIpc) is 2.52. The summed E-state index contributed by atoms with van der Waals surface area (Å²) < 4.78 is 5.61. The number of nitrogens with zero attached hydrogens (tertiary/aromatic N) is 1. The first-order chi connectivity index (χ1) is 11.4. The van der Waals surface area contributed by atoms with Gasteiger partial charge in [-0.05, 0) is 37.6 Å². The number of ether oxygens (including phenoxy) is 1. The maximum absolute atomic E-state index is 12.1. The lowest BCUT2D eigenvalue weighted by atomic mass is 10.1. The smallest absolute Gasteiger partial charge is 0.283 e. The molecule has 0 spiro atoms. The number of nitro benzene ring substituents is 1. The SMILES string of the molecule is Cc1ccc(OCCNC(=O)c2ccc(Cl)cc2[N+](=O)[O-])c(C)c1. The number of hydrogen-bond donors (Lipinski definition) is 1. The average molecular weight is 349 g/mol. The van der Waals surface area contributed by atoms with Crippen LogP contribution < -0.4 is 10.1 Å². The van der Waals surface area contributed by atoms with E-state index in [1.807, 2.05) is 32.0 Å². The van der Waals surface area contributed by atoms with Gasteiger partial charge < -0.3 is 10.1 Å². The molecule has 0 saturated heterocycles. The van der Waals surface area contributed by atoms with Gasteiger partial charge in [-0.1, -0.05) is 29.3 Å². The predicted molar refractivity (Wildman–Crippen MR) is 91.9 cm³/mol. The molecule has 2 aromatic carbocycles. The van der Waals surface area contributed by atoms with E-state index in [2.05, 4.69) is 5.32 Å². The summed E-state index contributed by atoms with van der Waals surface area (Å²) in [6, 6.07) is 9.75. The fraction of sp³-hybridized carbons (Fsp3) is 0.235. The van der Waals surface area contributed by atoms with E-state index in [4.69, 9.17) is 16.3 Å². The monoisotopic (exact) mass is 348 g/mol. The summed E-state index contributed by atoms with van der Waals surface area (Å²) in [7, 11) is 0. The second kappa shape index (κ2) is 7.79. The fourth-order valence-corrected chi connectivity index (χ4v) is 2.40. The molecular formula is C17H17ClN2O4. The van der Waals surface area contributed by atoms with Gasteiger partial charge >= 0.3 is 0 Å². The molecule has 0 bridgehead atoms. The van der Waals surface area contributed by atoms with E-state index < -0.39 is 10.8 Å². The molecule has 0 radical (unpaired) electrons. The lowest BCUT2D eigenvalue weighted by molar-refractivity contribution is -0.385. The number of carbonyl (C=O) groups excluding carboxylic acids is 1. The quantitative estimate of drug-likeness (QED) is 0.490. The van der Waals surface area contributed by atoms with Crippen LogP contribution >= 0.6 is 11.6 Å². The fourth-order valence-electron chi connectivity index (χ4n) is 2.23. The van der Waals surface area contributed by atoms with Crippen LogP contribution in [0.3, 0.4) is 0 Å². The zero-order chi connectivity index (χ0) is 17.7. The van der Waals surface area contributed by atoms with Crippen LogP contribution in [0.2, 0.25) is 5.02 Å². The van der Waals surface area contributed by atoms with E-state index in [9.17, 15) is 14.9 Å². The van der Waals surface area contributed by atoms with E-state index in [0.717, 1.165) is 22.9 Å². The van der Waals surface area contributed by atoms with Crippen molar-refractivity contribution in [2.24, 2.45) is 0 Å². The van der Waals surface area contributed by atoms with Crippen molar-refractivity contribution in [2.75, 3.05) is 13.2 Å². The highest BCUT2D eigenvalue weighted by atomic mass is 35.5. The van der Waals surface area contributed by atoms with Crippen LogP contribution in [-0.4, -0.2) is 24.0 Å². The molecule has 0 aliphatic rings. The molecule has 7 heteroatoms. The summed E-state index contributed by atoms with van der Waals surface area (Å²) in [4.78, 5) is 22.5. The Morgan fingerprint density at radius 2 is 2.00 bits per heavy atom. The molecule has 0 saturated carbocycles. The van der Waals surface area contributed by atoms with Gasteiger partial charge in [0.15, 0.2) is 0 Å². The van der Waals surface area contributed by atoms with Crippen molar-refractivity contribution in [1.82, 2.24) is 5.32 Å². The topological polar surface area (TPSA) is 81.5 Å². The summed E-state index contributed by atoms with van der Waals surface area (Å²) in [5.74, 6) is 0.204. The predicted octanol–water partition coefficient (Wildman–Crippen LogP) is 3.67. The van der Waals surface area contributed by atoms with Crippen LogP contribution in [0.4, 0.5) is 5.69 Å². The number of nitrogens with one attached hydrogen (secondary N) is 1. The molecule has 2 rings (SSSR count). The van der Waals surface area contributed by atoms with Crippen LogP contribution in [0.1, 0.15) is 21.5 Å². The van der Waals surface area contributed by atoms with E-state index >= 15 is 0 Å². The molecule has 1 N–H and O–H groups in total. The summed E-state index contributed by atoms with van der Waals surface area (Å²) in [5.41, 5.74) is 1.80. The highest BCUT2D eigenvalue weighted by Gasteiger charge is 2.20. The molecule has 0 atom stereocenters. The van der Waals surface area contributed by atoms with Gasteiger partial charge in [-0.15, -0.1) is 0 Å². The Morgan fingerprint density at radius 1 is 1.25 bits per heavy atom. The first-order valence-corrected chi connectivity index (χ1v) is 7.68. The molecule has 0 heterocycles. The van der Waals surface area contributed by atoms with Crippen LogP contribution in [0.25, 0.3) is 0 Å². The number of nitro groups is 1. The van der Waals surface area contributed by atoms with Gasteiger partial charge in [0.25, 0.3) is 11.6 Å². The number of amides is 1. The third-order valence-corrected chi connectivity index (χ3v) is 3.61. The number of hydrogen-bond acceptors (Lipinski definition) is 4. The number of halogens is 1. The van der Waals surface area contributed by atoms with Crippen LogP contribution in [0.15, 0.2) is 36.4 Å². The molecule has 6 nitrogen and oxygen atoms in total. The van der Waals surface area contributed by atoms with Crippen molar-refractivity contribution >= 4 is 23.2 Å². The molecular weight excluding hydrogens is 332 g/mol. The van der Waals surface area contributed by atoms with Gasteiger partial charge in [0.1, 0.15) is 17.9 Å². The van der Waals surface area contributed by atoms with E-state index in [0.29, 0.717) is 0 Å². The minimum Gasteiger partial charge on any atom is -0.491 e. The van der Waals surface area contributed by atoms with Crippen molar-refractivity contribution in [3.05, 3.63) is 68.2 Å². The molecule has 0 fully saturated rings. The number of aryl methyl sites for hydroxylation is 2. The number of benzene rings is 2. The lowest BCUT2D eigenvalue weighted by Gasteiger charge is -2.10. The van der Waals surface area contributed by atoms with Crippen LogP contribution in [-0.2, 0) is 0 Å². The van der Waals surface area contributed by atoms with Gasteiger partial charge in [-0.3, -0.25) is 14.9 Å². The normalized spacial score (nSPS) is 10.3. The first-order valence-electron chi connectivity index (χ1n) is 7.30. The molecule has 0 aliphatic carbocycles. The van der Waals surface area contributed by atoms with E-state index in [1.165, 1.54) is 12.1 Å². The zero-order valence-electron chi connectivity index (χ0n) is 13.3. The minimum atomic E-state index is -0.632. The summed E-state index contributed by atoms with van der Waals surface area (Å²) >= 11 is 5.73. The Balaban J connectivity index is 1.93. The lowest BCUT2D eigenvalue weighted by Crippen LogP contribution is -2.28. The molecule has 126 valence electrons. The van der Waals surface area contributed by atoms with E-state index in [-0.39, 0.29) is 29.4 Å². The van der Waals surface area contributed by atoms with Gasteiger partial charge in [0, 0.05) is 11.1 Å². The Morgan fingerprint density at radius 3 is 2.67 bits per heavy atom. The standard InChI is InChI=1S/C17H17ClN2O4/c1-11-3-6-16(12(2)9-11)24-8-7-19-17(21)14-5-4-13(18)10-15(14)20(22)23/h3-6,9-10H,7-8H2,1-2H3,(H,19,21). The minimum absolute atomic E-state index is 0.0316. The van der Waals surface area contributed by atoms with E-state index in [1.54, 1.807) is 0 Å². The summed E-state index contributed by atoms with van der Waals surface area (Å²) in [6.45, 7) is 4.43. The summed E-state index contributed by atoms with van der Waals surface area (Å²) in [5, 5.41) is 13.8. The Bertz CT molecular complexity index is 777. The van der Waals surface area contributed by atoms with Crippen molar-refractivity contribution < 1.29 is 14.5 Å². The maximum atomic E-state index is 12.1. The highest BCUT2D eigenvalue weighted by Crippen LogP contribution is 2.23. The van der Waals surface area contributed by atoms with Crippen LogP contribution in [0, 0.1) is 24.0 Å². The number of rotatable bonds is 6. The molecule has 0 aliphatic heterocycles. The first kappa shape index (κ1) is 17.7. The molecule has 1 amide bonds. The van der Waals surface area contributed by atoms with Crippen molar-refractivity contribution in [3.63, 3.8) is 0 Å². The Kier molecular flexibility index (Phi) is 5.76. The van der Waals surface area contributed by atoms with Gasteiger partial charge in [0.2, 0.25) is 0 Å². The van der Waals surface area contributed by atoms with Crippen molar-refractivity contribution in [2.45, 2.75) is 13.8 Å². The second-order valence-corrected chi connectivity index (χ2v) is 5.73. The molecule has 2 aromatic rings. The van der Waals surface area contributed by atoms with Gasteiger partial charge in [0.05, 0.1) is 11.5 Å². The summed E-state index contributed by atoms with van der Waals surface area (Å²) in [6.07, 6.45) is 0. The second-order valence-electron chi connectivity index (χ2n) is 5.29. The number of carbonyl (C=O) groups is 1. The zero-order valence-corrected chi connectivity index (χ0v) is 14.1. The molecule has 0 aromatic heterocycles. The van der Waals surface area contributed by atoms with Crippen molar-refractivity contribution in [1.29, 1.82) is 0 Å². The van der Waals surface area contributed by atoms with Gasteiger partial charge in [-0.2, -0.15) is 0 Å². The Hall–Kier alpha value is -2.60. The van der Waals surface area contributed by atoms with Gasteiger partial charge in [-0.25, -0.2) is 0 Å². The highest BCUT2D eigenvalue weighted by molar-refractivity contribution is 6.31. The van der Waals surface area contributed by atoms with Crippen molar-refractivity contribution in [3.8, 4) is 5.75 Å². The largest absolute Gasteiger partial charge is 0.491 e. The maximum Gasteiger partial charge on any atom is 0.283 e. The third kappa shape index (κ3) is 4.45.